The molecule has 2 N–H and O–H groups in total. The van der Waals surface area contributed by atoms with Crippen LogP contribution in [0.2, 0.25) is 5.02 Å². The molecule has 1 heterocycles. The molecule has 0 saturated carbocycles. The number of hydrogen-bond acceptors (Lipinski definition) is 2. The van der Waals surface area contributed by atoms with Crippen LogP contribution in [0, 0.1) is 12.8 Å². The van der Waals surface area contributed by atoms with Gasteiger partial charge < -0.3 is 10.6 Å². The lowest BCUT2D eigenvalue weighted by atomic mass is 10.1. The van der Waals surface area contributed by atoms with E-state index in [1.54, 1.807) is 6.07 Å². The molecule has 2 rings (SSSR count). The van der Waals surface area contributed by atoms with Crippen molar-refractivity contribution < 1.29 is 9.59 Å². The number of halogens is 1. The van der Waals surface area contributed by atoms with Gasteiger partial charge in [0.2, 0.25) is 11.8 Å². The Balaban J connectivity index is 2.08. The zero-order valence-corrected chi connectivity index (χ0v) is 10.2. The molecule has 1 atom stereocenters. The van der Waals surface area contributed by atoms with E-state index in [4.69, 9.17) is 11.6 Å². The van der Waals surface area contributed by atoms with Gasteiger partial charge in [0.25, 0.3) is 0 Å². The lowest BCUT2D eigenvalue weighted by molar-refractivity contribution is -0.123. The second-order valence-corrected chi connectivity index (χ2v) is 4.51. The van der Waals surface area contributed by atoms with Crippen LogP contribution in [-0.4, -0.2) is 18.4 Å². The first kappa shape index (κ1) is 11.9. The lowest BCUT2D eigenvalue weighted by Gasteiger charge is -2.11. The van der Waals surface area contributed by atoms with Gasteiger partial charge in [0.1, 0.15) is 0 Å². The Bertz CT molecular complexity index is 474. The normalized spacial score (nSPS) is 18.9. The molecule has 5 heteroatoms. The van der Waals surface area contributed by atoms with Crippen molar-refractivity contribution in [2.75, 3.05) is 11.9 Å². The van der Waals surface area contributed by atoms with E-state index >= 15 is 0 Å². The molecule has 1 unspecified atom stereocenters. The van der Waals surface area contributed by atoms with Crippen LogP contribution in [-0.2, 0) is 9.59 Å². The van der Waals surface area contributed by atoms with Crippen LogP contribution in [0.3, 0.4) is 0 Å². The van der Waals surface area contributed by atoms with Crippen molar-refractivity contribution in [2.24, 2.45) is 5.92 Å². The fourth-order valence-corrected chi connectivity index (χ4v) is 1.94. The topological polar surface area (TPSA) is 58.2 Å². The van der Waals surface area contributed by atoms with Gasteiger partial charge in [0.05, 0.1) is 16.6 Å². The van der Waals surface area contributed by atoms with Gasteiger partial charge in [0.15, 0.2) is 0 Å². The first-order valence-electron chi connectivity index (χ1n) is 5.40. The molecule has 17 heavy (non-hydrogen) atoms. The van der Waals surface area contributed by atoms with Gasteiger partial charge in [-0.05, 0) is 18.6 Å². The number of rotatable bonds is 2. The van der Waals surface area contributed by atoms with Gasteiger partial charge in [-0.15, -0.1) is 0 Å². The Morgan fingerprint density at radius 1 is 1.53 bits per heavy atom. The van der Waals surface area contributed by atoms with Crippen LogP contribution < -0.4 is 10.6 Å². The number of aryl methyl sites for hydroxylation is 1. The maximum atomic E-state index is 11.9. The second kappa shape index (κ2) is 4.75. The van der Waals surface area contributed by atoms with Crippen molar-refractivity contribution in [2.45, 2.75) is 13.3 Å². The molecule has 4 nitrogen and oxygen atoms in total. The third-order valence-electron chi connectivity index (χ3n) is 2.80. The van der Waals surface area contributed by atoms with E-state index in [1.165, 1.54) is 0 Å². The molecule has 0 radical (unpaired) electrons. The average Bonchev–Trinajstić information content (AvgIpc) is 2.72. The summed E-state index contributed by atoms with van der Waals surface area (Å²) in [7, 11) is 0. The molecule has 0 aliphatic carbocycles. The largest absolute Gasteiger partial charge is 0.355 e. The quantitative estimate of drug-likeness (QED) is 0.842. The Kier molecular flexibility index (Phi) is 3.33. The van der Waals surface area contributed by atoms with E-state index < -0.39 is 0 Å². The Hall–Kier alpha value is -1.55. The number of benzene rings is 1. The van der Waals surface area contributed by atoms with Crippen molar-refractivity contribution >= 4 is 29.1 Å². The van der Waals surface area contributed by atoms with E-state index in [9.17, 15) is 9.59 Å². The molecule has 2 amide bonds. The molecule has 1 fully saturated rings. The summed E-state index contributed by atoms with van der Waals surface area (Å²) in [5.74, 6) is -0.560. The molecule has 90 valence electrons. The van der Waals surface area contributed by atoms with Crippen molar-refractivity contribution in [3.8, 4) is 0 Å². The third kappa shape index (κ3) is 2.58. The van der Waals surface area contributed by atoms with Crippen LogP contribution in [0.5, 0.6) is 0 Å². The van der Waals surface area contributed by atoms with Crippen LogP contribution in [0.1, 0.15) is 12.0 Å². The number of hydrogen-bond donors (Lipinski definition) is 2. The smallest absolute Gasteiger partial charge is 0.229 e. The maximum Gasteiger partial charge on any atom is 0.229 e. The molecular weight excluding hydrogens is 240 g/mol. The summed E-state index contributed by atoms with van der Waals surface area (Å²) in [6.07, 6.45) is 0.245. The minimum atomic E-state index is -0.306. The highest BCUT2D eigenvalue weighted by molar-refractivity contribution is 6.34. The van der Waals surface area contributed by atoms with E-state index in [0.29, 0.717) is 17.3 Å². The van der Waals surface area contributed by atoms with Crippen LogP contribution >= 0.6 is 11.6 Å². The SMILES string of the molecule is Cc1cccc(NC(=O)C2CNC(=O)C2)c1Cl. The molecule has 1 saturated heterocycles. The van der Waals surface area contributed by atoms with Crippen molar-refractivity contribution in [1.29, 1.82) is 0 Å². The highest BCUT2D eigenvalue weighted by Crippen LogP contribution is 2.26. The summed E-state index contributed by atoms with van der Waals surface area (Å²) in [4.78, 5) is 22.9. The minimum absolute atomic E-state index is 0.0829. The molecule has 1 aromatic rings. The third-order valence-corrected chi connectivity index (χ3v) is 3.30. The maximum absolute atomic E-state index is 11.9. The fourth-order valence-electron chi connectivity index (χ4n) is 1.77. The molecule has 0 aromatic heterocycles. The van der Waals surface area contributed by atoms with Crippen molar-refractivity contribution in [3.05, 3.63) is 28.8 Å². The van der Waals surface area contributed by atoms with E-state index in [2.05, 4.69) is 10.6 Å². The Morgan fingerprint density at radius 2 is 2.29 bits per heavy atom. The fraction of sp³-hybridized carbons (Fsp3) is 0.333. The minimum Gasteiger partial charge on any atom is -0.355 e. The summed E-state index contributed by atoms with van der Waals surface area (Å²) in [6.45, 7) is 2.27. The average molecular weight is 253 g/mol. The predicted octanol–water partition coefficient (Wildman–Crippen LogP) is 1.72. The number of amides is 2. The van der Waals surface area contributed by atoms with Gasteiger partial charge in [-0.1, -0.05) is 23.7 Å². The molecule has 0 spiro atoms. The molecular formula is C12H13ClN2O2. The van der Waals surface area contributed by atoms with Crippen molar-refractivity contribution in [3.63, 3.8) is 0 Å². The predicted molar refractivity (Wildman–Crippen MR) is 65.9 cm³/mol. The Labute approximate surface area is 104 Å². The second-order valence-electron chi connectivity index (χ2n) is 4.13. The van der Waals surface area contributed by atoms with Crippen LogP contribution in [0.25, 0.3) is 0 Å². The summed E-state index contributed by atoms with van der Waals surface area (Å²) >= 11 is 6.08. The lowest BCUT2D eigenvalue weighted by Crippen LogP contribution is -2.24. The van der Waals surface area contributed by atoms with Crippen LogP contribution in [0.15, 0.2) is 18.2 Å². The molecule has 1 aromatic carbocycles. The van der Waals surface area contributed by atoms with Gasteiger partial charge in [0, 0.05) is 13.0 Å². The van der Waals surface area contributed by atoms with Gasteiger partial charge >= 0.3 is 0 Å². The zero-order chi connectivity index (χ0) is 12.4. The highest BCUT2D eigenvalue weighted by atomic mass is 35.5. The number of carbonyl (C=O) groups is 2. The van der Waals surface area contributed by atoms with Gasteiger partial charge in [-0.2, -0.15) is 0 Å². The monoisotopic (exact) mass is 252 g/mol. The van der Waals surface area contributed by atoms with Crippen LogP contribution in [0.4, 0.5) is 5.69 Å². The van der Waals surface area contributed by atoms with Gasteiger partial charge in [-0.25, -0.2) is 0 Å². The summed E-state index contributed by atoms with van der Waals surface area (Å²) < 4.78 is 0. The first-order chi connectivity index (χ1) is 8.08. The Morgan fingerprint density at radius 3 is 2.94 bits per heavy atom. The van der Waals surface area contributed by atoms with Gasteiger partial charge in [-0.3, -0.25) is 9.59 Å². The molecule has 1 aliphatic heterocycles. The van der Waals surface area contributed by atoms with E-state index in [-0.39, 0.29) is 24.2 Å². The number of nitrogens with one attached hydrogen (secondary N) is 2. The van der Waals surface area contributed by atoms with E-state index in [0.717, 1.165) is 5.56 Å². The first-order valence-corrected chi connectivity index (χ1v) is 5.78. The van der Waals surface area contributed by atoms with E-state index in [1.807, 2.05) is 19.1 Å². The van der Waals surface area contributed by atoms with Crippen molar-refractivity contribution in [1.82, 2.24) is 5.32 Å². The summed E-state index contributed by atoms with van der Waals surface area (Å²) in [5, 5.41) is 5.92. The summed E-state index contributed by atoms with van der Waals surface area (Å²) in [6, 6.07) is 5.45. The number of anilines is 1. The highest BCUT2D eigenvalue weighted by Gasteiger charge is 2.28. The molecule has 0 bridgehead atoms. The zero-order valence-electron chi connectivity index (χ0n) is 9.42. The number of carbonyl (C=O) groups excluding carboxylic acids is 2. The standard InChI is InChI=1S/C12H13ClN2O2/c1-7-3-2-4-9(11(7)13)15-12(17)8-5-10(16)14-6-8/h2-4,8H,5-6H2,1H3,(H,14,16)(H,15,17). The molecule has 1 aliphatic rings. The summed E-state index contributed by atoms with van der Waals surface area (Å²) in [5.41, 5.74) is 1.50.